The highest BCUT2D eigenvalue weighted by molar-refractivity contribution is 5.25. The van der Waals surface area contributed by atoms with E-state index in [2.05, 4.69) is 12.2 Å². The highest BCUT2D eigenvalue weighted by atomic mass is 16.3. The lowest BCUT2D eigenvalue weighted by atomic mass is 10.1. The summed E-state index contributed by atoms with van der Waals surface area (Å²) in [5.41, 5.74) is 1.23. The Balaban J connectivity index is 1.95. The van der Waals surface area contributed by atoms with Crippen LogP contribution in [0.4, 0.5) is 0 Å². The Hall–Kier alpha value is -1.02. The third-order valence-corrected chi connectivity index (χ3v) is 2.97. The minimum absolute atomic E-state index is 0.338. The smallest absolute Gasteiger partial charge is 0.115 e. The molecular weight excluding hydrogens is 210 g/mol. The molecule has 0 spiro atoms. The van der Waals surface area contributed by atoms with Crippen LogP contribution in [0.15, 0.2) is 24.3 Å². The Labute approximate surface area is 105 Å². The van der Waals surface area contributed by atoms with Crippen molar-refractivity contribution in [2.24, 2.45) is 0 Å². The lowest BCUT2D eigenvalue weighted by molar-refractivity contribution is 0.475. The summed E-state index contributed by atoms with van der Waals surface area (Å²) in [5.74, 6) is 0.338. The van der Waals surface area contributed by atoms with Gasteiger partial charge >= 0.3 is 0 Å². The van der Waals surface area contributed by atoms with Gasteiger partial charge in [0.05, 0.1) is 0 Å². The first-order chi connectivity index (χ1) is 8.33. The van der Waals surface area contributed by atoms with E-state index >= 15 is 0 Å². The van der Waals surface area contributed by atoms with Gasteiger partial charge in [0.1, 0.15) is 5.75 Å². The summed E-state index contributed by atoms with van der Waals surface area (Å²) in [6, 6.07) is 7.40. The summed E-state index contributed by atoms with van der Waals surface area (Å²) < 4.78 is 0. The number of rotatable bonds is 9. The number of nitrogens with one attached hydrogen (secondary N) is 1. The molecular formula is C15H25NO. The van der Waals surface area contributed by atoms with Gasteiger partial charge in [0.25, 0.3) is 0 Å². The predicted octanol–water partition coefficient (Wildman–Crippen LogP) is 3.84. The zero-order chi connectivity index (χ0) is 12.3. The van der Waals surface area contributed by atoms with Gasteiger partial charge in [-0.3, -0.25) is 0 Å². The number of benzene rings is 1. The van der Waals surface area contributed by atoms with Gasteiger partial charge in [0.2, 0.25) is 0 Å². The molecule has 2 nitrogen and oxygen atoms in total. The fourth-order valence-corrected chi connectivity index (χ4v) is 1.88. The SMILES string of the molecule is CCCCCCCCNCc1ccc(O)cc1. The molecule has 1 aromatic rings. The lowest BCUT2D eigenvalue weighted by Crippen LogP contribution is -2.14. The summed E-state index contributed by atoms with van der Waals surface area (Å²) in [6.07, 6.45) is 8.05. The first-order valence-corrected chi connectivity index (χ1v) is 6.81. The normalized spacial score (nSPS) is 10.6. The van der Waals surface area contributed by atoms with Crippen molar-refractivity contribution >= 4 is 0 Å². The van der Waals surface area contributed by atoms with Crippen LogP contribution < -0.4 is 5.32 Å². The van der Waals surface area contributed by atoms with Gasteiger partial charge in [0, 0.05) is 6.54 Å². The van der Waals surface area contributed by atoms with E-state index in [0.717, 1.165) is 13.1 Å². The summed E-state index contributed by atoms with van der Waals surface area (Å²) in [7, 11) is 0. The Bertz CT molecular complexity index is 281. The van der Waals surface area contributed by atoms with Gasteiger partial charge < -0.3 is 10.4 Å². The molecule has 0 saturated heterocycles. The number of phenols is 1. The van der Waals surface area contributed by atoms with Gasteiger partial charge in [-0.2, -0.15) is 0 Å². The summed E-state index contributed by atoms with van der Waals surface area (Å²) in [4.78, 5) is 0. The monoisotopic (exact) mass is 235 g/mol. The molecule has 0 saturated carbocycles. The van der Waals surface area contributed by atoms with Crippen molar-refractivity contribution in [1.29, 1.82) is 0 Å². The zero-order valence-corrected chi connectivity index (χ0v) is 10.9. The lowest BCUT2D eigenvalue weighted by Gasteiger charge is -2.05. The minimum atomic E-state index is 0.338. The summed E-state index contributed by atoms with van der Waals surface area (Å²) >= 11 is 0. The van der Waals surface area contributed by atoms with E-state index in [1.54, 1.807) is 12.1 Å². The summed E-state index contributed by atoms with van der Waals surface area (Å²) in [6.45, 7) is 4.24. The molecule has 0 aliphatic rings. The van der Waals surface area contributed by atoms with E-state index in [9.17, 15) is 0 Å². The Morgan fingerprint density at radius 1 is 0.941 bits per heavy atom. The number of unbranched alkanes of at least 4 members (excludes halogenated alkanes) is 5. The topological polar surface area (TPSA) is 32.3 Å². The molecule has 0 fully saturated rings. The maximum atomic E-state index is 9.15. The van der Waals surface area contributed by atoms with Gasteiger partial charge in [0.15, 0.2) is 0 Å². The summed E-state index contributed by atoms with van der Waals surface area (Å²) in [5, 5.41) is 12.6. The first-order valence-electron chi connectivity index (χ1n) is 6.81. The largest absolute Gasteiger partial charge is 0.508 e. The van der Waals surface area contributed by atoms with E-state index in [0.29, 0.717) is 5.75 Å². The van der Waals surface area contributed by atoms with Crippen molar-refractivity contribution in [3.05, 3.63) is 29.8 Å². The molecule has 0 atom stereocenters. The molecule has 1 rings (SSSR count). The molecule has 0 heterocycles. The van der Waals surface area contributed by atoms with Crippen molar-refractivity contribution in [2.75, 3.05) is 6.54 Å². The number of aromatic hydroxyl groups is 1. The molecule has 96 valence electrons. The van der Waals surface area contributed by atoms with Crippen LogP contribution in [0.5, 0.6) is 5.75 Å². The van der Waals surface area contributed by atoms with Crippen LogP contribution in [0.2, 0.25) is 0 Å². The Morgan fingerprint density at radius 2 is 1.59 bits per heavy atom. The van der Waals surface area contributed by atoms with Crippen molar-refractivity contribution in [1.82, 2.24) is 5.32 Å². The zero-order valence-electron chi connectivity index (χ0n) is 10.9. The molecule has 2 N–H and O–H groups in total. The van der Waals surface area contributed by atoms with Crippen molar-refractivity contribution < 1.29 is 5.11 Å². The second kappa shape index (κ2) is 9.06. The Kier molecular flexibility index (Phi) is 7.48. The molecule has 0 aromatic heterocycles. The average Bonchev–Trinajstić information content (AvgIpc) is 2.35. The van der Waals surface area contributed by atoms with E-state index in [-0.39, 0.29) is 0 Å². The van der Waals surface area contributed by atoms with Gasteiger partial charge in [-0.1, -0.05) is 51.2 Å². The van der Waals surface area contributed by atoms with Gasteiger partial charge in [-0.15, -0.1) is 0 Å². The minimum Gasteiger partial charge on any atom is -0.508 e. The van der Waals surface area contributed by atoms with Crippen LogP contribution >= 0.6 is 0 Å². The maximum Gasteiger partial charge on any atom is 0.115 e. The number of hydrogen-bond donors (Lipinski definition) is 2. The third kappa shape index (κ3) is 7.01. The van der Waals surface area contributed by atoms with Gasteiger partial charge in [-0.25, -0.2) is 0 Å². The highest BCUT2D eigenvalue weighted by Crippen LogP contribution is 2.09. The average molecular weight is 235 g/mol. The molecule has 0 amide bonds. The van der Waals surface area contributed by atoms with E-state index in [1.165, 1.54) is 44.1 Å². The molecule has 0 aliphatic carbocycles. The fraction of sp³-hybridized carbons (Fsp3) is 0.600. The van der Waals surface area contributed by atoms with Gasteiger partial charge in [-0.05, 0) is 30.7 Å². The molecule has 0 bridgehead atoms. The molecule has 0 unspecified atom stereocenters. The predicted molar refractivity (Wildman–Crippen MR) is 73.2 cm³/mol. The van der Waals surface area contributed by atoms with Crippen LogP contribution in [-0.2, 0) is 6.54 Å². The van der Waals surface area contributed by atoms with Crippen LogP contribution in [0, 0.1) is 0 Å². The molecule has 0 radical (unpaired) electrons. The maximum absolute atomic E-state index is 9.15. The van der Waals surface area contributed by atoms with Crippen LogP contribution in [0.25, 0.3) is 0 Å². The highest BCUT2D eigenvalue weighted by Gasteiger charge is 1.93. The molecule has 2 heteroatoms. The van der Waals surface area contributed by atoms with Crippen molar-refractivity contribution in [3.8, 4) is 5.75 Å². The van der Waals surface area contributed by atoms with E-state index in [1.807, 2.05) is 12.1 Å². The molecule has 1 aromatic carbocycles. The quantitative estimate of drug-likeness (QED) is 0.637. The second-order valence-electron chi connectivity index (χ2n) is 4.61. The second-order valence-corrected chi connectivity index (χ2v) is 4.61. The fourth-order valence-electron chi connectivity index (χ4n) is 1.88. The van der Waals surface area contributed by atoms with Crippen LogP contribution in [-0.4, -0.2) is 11.7 Å². The first kappa shape index (κ1) is 14.0. The van der Waals surface area contributed by atoms with Crippen LogP contribution in [0.3, 0.4) is 0 Å². The van der Waals surface area contributed by atoms with Crippen LogP contribution in [0.1, 0.15) is 51.0 Å². The Morgan fingerprint density at radius 3 is 2.29 bits per heavy atom. The van der Waals surface area contributed by atoms with E-state index < -0.39 is 0 Å². The van der Waals surface area contributed by atoms with Crippen molar-refractivity contribution in [3.63, 3.8) is 0 Å². The van der Waals surface area contributed by atoms with E-state index in [4.69, 9.17) is 5.11 Å². The number of phenolic OH excluding ortho intramolecular Hbond substituents is 1. The standard InChI is InChI=1S/C15H25NO/c1-2-3-4-5-6-7-12-16-13-14-8-10-15(17)11-9-14/h8-11,16-17H,2-7,12-13H2,1H3. The molecule has 17 heavy (non-hydrogen) atoms. The van der Waals surface area contributed by atoms with Crippen molar-refractivity contribution in [2.45, 2.75) is 52.0 Å². The third-order valence-electron chi connectivity index (χ3n) is 2.97. The number of hydrogen-bond acceptors (Lipinski definition) is 2. The molecule has 0 aliphatic heterocycles.